The van der Waals surface area contributed by atoms with Gasteiger partial charge in [0.15, 0.2) is 5.78 Å². The van der Waals surface area contributed by atoms with E-state index in [1.54, 1.807) is 4.90 Å². The maximum atomic E-state index is 12.8. The fourth-order valence-corrected chi connectivity index (χ4v) is 4.98. The highest BCUT2D eigenvalue weighted by Crippen LogP contribution is 2.19. The van der Waals surface area contributed by atoms with Gasteiger partial charge < -0.3 is 4.90 Å². The maximum absolute atomic E-state index is 12.8. The highest BCUT2D eigenvalue weighted by Gasteiger charge is 2.30. The number of piperazine rings is 1. The number of aromatic nitrogens is 1. The fraction of sp³-hybridized carbons (Fsp3) is 0.389. The first-order valence-corrected chi connectivity index (χ1v) is 10.9. The molecular formula is C18H21N3O4S2. The smallest absolute Gasteiger partial charge is 0.243 e. The molecule has 7 nitrogen and oxygen atoms in total. The summed E-state index contributed by atoms with van der Waals surface area (Å²) in [4.78, 5) is 29.9. The summed E-state index contributed by atoms with van der Waals surface area (Å²) in [7, 11) is -3.64. The maximum Gasteiger partial charge on any atom is 0.243 e. The minimum Gasteiger partial charge on any atom is -0.340 e. The van der Waals surface area contributed by atoms with Gasteiger partial charge in [0.1, 0.15) is 0 Å². The standard InChI is InChI=1S/C18H21N3O4S2/c1-13(22)15-3-5-17(6-4-15)27(24,25)21-9-7-20(8-10-21)18(23)11-16-12-26-14(2)19-16/h3-6,12H,7-11H2,1-2H3. The fourth-order valence-electron chi connectivity index (χ4n) is 2.94. The van der Waals surface area contributed by atoms with Crippen LogP contribution in [0, 0.1) is 6.92 Å². The minimum atomic E-state index is -3.64. The van der Waals surface area contributed by atoms with Crippen LogP contribution < -0.4 is 0 Å². The summed E-state index contributed by atoms with van der Waals surface area (Å²) in [6.45, 7) is 4.54. The zero-order valence-corrected chi connectivity index (χ0v) is 16.8. The average molecular weight is 408 g/mol. The average Bonchev–Trinajstić information content (AvgIpc) is 3.06. The number of nitrogens with zero attached hydrogens (tertiary/aromatic N) is 3. The molecule has 1 aliphatic heterocycles. The number of sulfonamides is 1. The van der Waals surface area contributed by atoms with Crippen LogP contribution in [-0.4, -0.2) is 60.5 Å². The van der Waals surface area contributed by atoms with Crippen molar-refractivity contribution in [3.8, 4) is 0 Å². The molecule has 0 unspecified atom stereocenters. The molecule has 1 fully saturated rings. The third-order valence-corrected chi connectivity index (χ3v) is 7.22. The largest absolute Gasteiger partial charge is 0.340 e. The van der Waals surface area contributed by atoms with Crippen molar-refractivity contribution < 1.29 is 18.0 Å². The third-order valence-electron chi connectivity index (χ3n) is 4.49. The lowest BCUT2D eigenvalue weighted by molar-refractivity contribution is -0.131. The molecule has 2 aromatic rings. The van der Waals surface area contributed by atoms with Crippen molar-refractivity contribution in [3.05, 3.63) is 45.9 Å². The number of aryl methyl sites for hydroxylation is 1. The molecule has 0 aliphatic carbocycles. The first-order chi connectivity index (χ1) is 12.8. The lowest BCUT2D eigenvalue weighted by Crippen LogP contribution is -2.50. The van der Waals surface area contributed by atoms with Crippen molar-refractivity contribution in [2.45, 2.75) is 25.2 Å². The van der Waals surface area contributed by atoms with Gasteiger partial charge in [-0.2, -0.15) is 4.31 Å². The van der Waals surface area contributed by atoms with E-state index in [1.807, 2.05) is 12.3 Å². The summed E-state index contributed by atoms with van der Waals surface area (Å²) in [5.74, 6) is -0.149. The van der Waals surface area contributed by atoms with E-state index in [0.717, 1.165) is 10.7 Å². The molecule has 1 aromatic heterocycles. The van der Waals surface area contributed by atoms with Crippen LogP contribution in [-0.2, 0) is 21.2 Å². The van der Waals surface area contributed by atoms with Gasteiger partial charge in [-0.25, -0.2) is 13.4 Å². The number of carbonyl (C=O) groups excluding carboxylic acids is 2. The molecule has 0 radical (unpaired) electrons. The van der Waals surface area contributed by atoms with Crippen LogP contribution in [0.15, 0.2) is 34.5 Å². The van der Waals surface area contributed by atoms with Gasteiger partial charge in [0, 0.05) is 37.1 Å². The van der Waals surface area contributed by atoms with E-state index in [4.69, 9.17) is 0 Å². The Labute approximate surface area is 162 Å². The van der Waals surface area contributed by atoms with Gasteiger partial charge in [-0.15, -0.1) is 11.3 Å². The number of rotatable bonds is 5. The molecule has 0 atom stereocenters. The minimum absolute atomic E-state index is 0.0387. The van der Waals surface area contributed by atoms with Gasteiger partial charge in [0.2, 0.25) is 15.9 Å². The Hall–Kier alpha value is -2.10. The van der Waals surface area contributed by atoms with Crippen molar-refractivity contribution in [3.63, 3.8) is 0 Å². The molecule has 1 amide bonds. The first kappa shape index (κ1) is 19.7. The second-order valence-electron chi connectivity index (χ2n) is 6.40. The van der Waals surface area contributed by atoms with E-state index in [1.165, 1.54) is 46.8 Å². The van der Waals surface area contributed by atoms with Gasteiger partial charge in [0.25, 0.3) is 0 Å². The van der Waals surface area contributed by atoms with Gasteiger partial charge in [0.05, 0.1) is 22.0 Å². The Morgan fingerprint density at radius 1 is 1.11 bits per heavy atom. The van der Waals surface area contributed by atoms with Crippen molar-refractivity contribution in [1.82, 2.24) is 14.2 Å². The quantitative estimate of drug-likeness (QED) is 0.705. The van der Waals surface area contributed by atoms with Crippen molar-refractivity contribution in [2.24, 2.45) is 0 Å². The molecule has 9 heteroatoms. The summed E-state index contributed by atoms with van der Waals surface area (Å²) < 4.78 is 26.9. The van der Waals surface area contributed by atoms with E-state index in [9.17, 15) is 18.0 Å². The predicted octanol–water partition coefficient (Wildman–Crippen LogP) is 1.73. The molecule has 0 spiro atoms. The lowest BCUT2D eigenvalue weighted by Gasteiger charge is -2.34. The number of amides is 1. The predicted molar refractivity (Wildman–Crippen MR) is 102 cm³/mol. The number of carbonyl (C=O) groups is 2. The number of benzene rings is 1. The van der Waals surface area contributed by atoms with Crippen LogP contribution in [0.25, 0.3) is 0 Å². The second kappa shape index (κ2) is 7.87. The van der Waals surface area contributed by atoms with Crippen LogP contribution in [0.4, 0.5) is 0 Å². The van der Waals surface area contributed by atoms with Crippen LogP contribution in [0.3, 0.4) is 0 Å². The van der Waals surface area contributed by atoms with E-state index >= 15 is 0 Å². The highest BCUT2D eigenvalue weighted by molar-refractivity contribution is 7.89. The van der Waals surface area contributed by atoms with Crippen LogP contribution >= 0.6 is 11.3 Å². The van der Waals surface area contributed by atoms with E-state index < -0.39 is 10.0 Å². The second-order valence-corrected chi connectivity index (χ2v) is 9.40. The molecule has 0 N–H and O–H groups in total. The molecular weight excluding hydrogens is 386 g/mol. The zero-order valence-electron chi connectivity index (χ0n) is 15.2. The van der Waals surface area contributed by atoms with Crippen LogP contribution in [0.1, 0.15) is 28.0 Å². The SMILES string of the molecule is CC(=O)c1ccc(S(=O)(=O)N2CCN(C(=O)Cc3csc(C)n3)CC2)cc1. The van der Waals surface area contributed by atoms with Crippen LogP contribution in [0.2, 0.25) is 0 Å². The Morgan fingerprint density at radius 3 is 2.26 bits per heavy atom. The molecule has 1 saturated heterocycles. The normalized spacial score (nSPS) is 15.7. The zero-order chi connectivity index (χ0) is 19.6. The summed E-state index contributed by atoms with van der Waals surface area (Å²) in [5, 5.41) is 2.79. The van der Waals surface area contributed by atoms with E-state index in [-0.39, 0.29) is 36.1 Å². The molecule has 27 heavy (non-hydrogen) atoms. The first-order valence-electron chi connectivity index (χ1n) is 8.57. The molecule has 3 rings (SSSR count). The van der Waals surface area contributed by atoms with Crippen LogP contribution in [0.5, 0.6) is 0 Å². The molecule has 2 heterocycles. The highest BCUT2D eigenvalue weighted by atomic mass is 32.2. The van der Waals surface area contributed by atoms with E-state index in [2.05, 4.69) is 4.98 Å². The molecule has 144 valence electrons. The van der Waals surface area contributed by atoms with Crippen molar-refractivity contribution in [2.75, 3.05) is 26.2 Å². The Bertz CT molecular complexity index is 943. The Balaban J connectivity index is 1.62. The van der Waals surface area contributed by atoms with Gasteiger partial charge in [-0.1, -0.05) is 12.1 Å². The molecule has 1 aromatic carbocycles. The van der Waals surface area contributed by atoms with Gasteiger partial charge >= 0.3 is 0 Å². The topological polar surface area (TPSA) is 87.7 Å². The monoisotopic (exact) mass is 407 g/mol. The summed E-state index contributed by atoms with van der Waals surface area (Å²) in [5.41, 5.74) is 1.23. The number of thiazole rings is 1. The molecule has 1 aliphatic rings. The Morgan fingerprint density at radius 2 is 1.74 bits per heavy atom. The van der Waals surface area contributed by atoms with Crippen molar-refractivity contribution in [1.29, 1.82) is 0 Å². The summed E-state index contributed by atoms with van der Waals surface area (Å²) in [6, 6.07) is 5.94. The molecule has 0 bridgehead atoms. The summed E-state index contributed by atoms with van der Waals surface area (Å²) in [6.07, 6.45) is 0.240. The van der Waals surface area contributed by atoms with Crippen molar-refractivity contribution >= 4 is 33.1 Å². The lowest BCUT2D eigenvalue weighted by atomic mass is 10.2. The third kappa shape index (κ3) is 4.42. The number of ketones is 1. The van der Waals surface area contributed by atoms with E-state index in [0.29, 0.717) is 18.7 Å². The van der Waals surface area contributed by atoms with Gasteiger partial charge in [-0.3, -0.25) is 9.59 Å². The Kier molecular flexibility index (Phi) is 5.73. The molecule has 0 saturated carbocycles. The van der Waals surface area contributed by atoms with Gasteiger partial charge in [-0.05, 0) is 26.0 Å². The summed E-state index contributed by atoms with van der Waals surface area (Å²) >= 11 is 1.51. The number of hydrogen-bond acceptors (Lipinski definition) is 6. The number of hydrogen-bond donors (Lipinski definition) is 0. The number of Topliss-reactive ketones (excluding diaryl/α,β-unsaturated/α-hetero) is 1.